The molecule has 2 N–H and O–H groups in total. The first-order chi connectivity index (χ1) is 8.15. The molecule has 0 bridgehead atoms. The van der Waals surface area contributed by atoms with Gasteiger partial charge in [-0.15, -0.1) is 10.2 Å². The van der Waals surface area contributed by atoms with Crippen LogP contribution in [0.25, 0.3) is 0 Å². The summed E-state index contributed by atoms with van der Waals surface area (Å²) in [5.74, 6) is 0.571. The SMILES string of the molecule is OC1CCC(CNc2cc(Cl)nnc2Cl)CC1. The lowest BCUT2D eigenvalue weighted by molar-refractivity contribution is 0.111. The van der Waals surface area contributed by atoms with Crippen molar-refractivity contribution in [3.8, 4) is 0 Å². The molecule has 94 valence electrons. The Bertz CT molecular complexity index is 381. The molecule has 0 amide bonds. The Kier molecular flexibility index (Phi) is 4.42. The second-order valence-electron chi connectivity index (χ2n) is 4.43. The fourth-order valence-corrected chi connectivity index (χ4v) is 2.39. The maximum absolute atomic E-state index is 9.42. The third-order valence-corrected chi connectivity index (χ3v) is 3.58. The molecule has 1 aromatic rings. The molecule has 6 heteroatoms. The Balaban J connectivity index is 1.87. The van der Waals surface area contributed by atoms with Gasteiger partial charge in [-0.2, -0.15) is 0 Å². The third-order valence-electron chi connectivity index (χ3n) is 3.12. The Hall–Kier alpha value is -0.580. The second-order valence-corrected chi connectivity index (χ2v) is 5.17. The summed E-state index contributed by atoms with van der Waals surface area (Å²) in [4.78, 5) is 0. The van der Waals surface area contributed by atoms with E-state index in [-0.39, 0.29) is 6.10 Å². The molecule has 1 aromatic heterocycles. The lowest BCUT2D eigenvalue weighted by atomic mass is 9.87. The van der Waals surface area contributed by atoms with Gasteiger partial charge in [0, 0.05) is 12.6 Å². The van der Waals surface area contributed by atoms with Crippen LogP contribution in [0, 0.1) is 5.92 Å². The third kappa shape index (κ3) is 3.69. The topological polar surface area (TPSA) is 58.0 Å². The molecule has 1 heterocycles. The van der Waals surface area contributed by atoms with Gasteiger partial charge in [-0.25, -0.2) is 0 Å². The van der Waals surface area contributed by atoms with E-state index >= 15 is 0 Å². The molecule has 17 heavy (non-hydrogen) atoms. The molecule has 0 radical (unpaired) electrons. The van der Waals surface area contributed by atoms with E-state index in [9.17, 15) is 5.11 Å². The van der Waals surface area contributed by atoms with Gasteiger partial charge in [0.25, 0.3) is 0 Å². The van der Waals surface area contributed by atoms with E-state index in [0.717, 1.165) is 37.9 Å². The highest BCUT2D eigenvalue weighted by atomic mass is 35.5. The van der Waals surface area contributed by atoms with Crippen LogP contribution >= 0.6 is 23.2 Å². The number of aliphatic hydroxyl groups is 1. The molecule has 0 unspecified atom stereocenters. The number of hydrogen-bond donors (Lipinski definition) is 2. The summed E-state index contributed by atoms with van der Waals surface area (Å²) in [7, 11) is 0. The Morgan fingerprint density at radius 3 is 2.65 bits per heavy atom. The van der Waals surface area contributed by atoms with Gasteiger partial charge in [-0.3, -0.25) is 0 Å². The molecule has 0 atom stereocenters. The zero-order chi connectivity index (χ0) is 12.3. The van der Waals surface area contributed by atoms with Crippen molar-refractivity contribution in [3.05, 3.63) is 16.4 Å². The summed E-state index contributed by atoms with van der Waals surface area (Å²) < 4.78 is 0. The number of nitrogens with one attached hydrogen (secondary N) is 1. The van der Waals surface area contributed by atoms with Crippen molar-refractivity contribution in [2.75, 3.05) is 11.9 Å². The number of aliphatic hydroxyl groups excluding tert-OH is 1. The van der Waals surface area contributed by atoms with Gasteiger partial charge >= 0.3 is 0 Å². The van der Waals surface area contributed by atoms with Gasteiger partial charge in [0.05, 0.1) is 11.8 Å². The van der Waals surface area contributed by atoms with E-state index in [4.69, 9.17) is 23.2 Å². The lowest BCUT2D eigenvalue weighted by Gasteiger charge is -2.25. The van der Waals surface area contributed by atoms with Crippen molar-refractivity contribution in [1.82, 2.24) is 10.2 Å². The first kappa shape index (κ1) is 12.9. The van der Waals surface area contributed by atoms with E-state index < -0.39 is 0 Å². The number of nitrogens with zero attached hydrogens (tertiary/aromatic N) is 2. The van der Waals surface area contributed by atoms with Crippen LogP contribution in [0.5, 0.6) is 0 Å². The number of hydrogen-bond acceptors (Lipinski definition) is 4. The molecule has 1 aliphatic carbocycles. The average molecular weight is 276 g/mol. The molecule has 0 aromatic carbocycles. The number of anilines is 1. The van der Waals surface area contributed by atoms with Crippen LogP contribution in [0.2, 0.25) is 10.3 Å². The van der Waals surface area contributed by atoms with Crippen LogP contribution in [-0.2, 0) is 0 Å². The monoisotopic (exact) mass is 275 g/mol. The van der Waals surface area contributed by atoms with Crippen LogP contribution in [-0.4, -0.2) is 28.0 Å². The maximum atomic E-state index is 9.42. The summed E-state index contributed by atoms with van der Waals surface area (Å²) in [6.07, 6.45) is 3.73. The Morgan fingerprint density at radius 1 is 1.24 bits per heavy atom. The van der Waals surface area contributed by atoms with Crippen molar-refractivity contribution < 1.29 is 5.11 Å². The molecule has 0 saturated heterocycles. The van der Waals surface area contributed by atoms with Crippen molar-refractivity contribution in [3.63, 3.8) is 0 Å². The van der Waals surface area contributed by atoms with Crippen LogP contribution in [0.3, 0.4) is 0 Å². The molecule has 4 nitrogen and oxygen atoms in total. The van der Waals surface area contributed by atoms with Crippen molar-refractivity contribution in [2.24, 2.45) is 5.92 Å². The minimum atomic E-state index is -0.119. The molecule has 2 rings (SSSR count). The lowest BCUT2D eigenvalue weighted by Crippen LogP contribution is -2.23. The van der Waals surface area contributed by atoms with E-state index in [0.29, 0.717) is 16.2 Å². The maximum Gasteiger partial charge on any atom is 0.174 e. The summed E-state index contributed by atoms with van der Waals surface area (Å²) in [6.45, 7) is 0.828. The van der Waals surface area contributed by atoms with Crippen molar-refractivity contribution >= 4 is 28.9 Å². The van der Waals surface area contributed by atoms with Crippen molar-refractivity contribution in [2.45, 2.75) is 31.8 Å². The van der Waals surface area contributed by atoms with E-state index in [1.54, 1.807) is 6.07 Å². The standard InChI is InChI=1S/C11H15Cl2N3O/c12-10-5-9(11(13)16-15-10)14-6-7-1-3-8(17)4-2-7/h5,7-8,17H,1-4,6H2,(H,14,15). The van der Waals surface area contributed by atoms with E-state index in [2.05, 4.69) is 15.5 Å². The summed E-state index contributed by atoms with van der Waals surface area (Å²) in [5, 5.41) is 20.7. The van der Waals surface area contributed by atoms with Crippen LogP contribution in [0.1, 0.15) is 25.7 Å². The smallest absolute Gasteiger partial charge is 0.174 e. The Morgan fingerprint density at radius 2 is 1.94 bits per heavy atom. The van der Waals surface area contributed by atoms with Crippen molar-refractivity contribution in [1.29, 1.82) is 0 Å². The second kappa shape index (κ2) is 5.85. The molecule has 1 aliphatic rings. The minimum absolute atomic E-state index is 0.119. The first-order valence-electron chi connectivity index (χ1n) is 5.76. The highest BCUT2D eigenvalue weighted by Gasteiger charge is 2.19. The molecular weight excluding hydrogens is 261 g/mol. The number of halogens is 2. The highest BCUT2D eigenvalue weighted by molar-refractivity contribution is 6.33. The van der Waals surface area contributed by atoms with Gasteiger partial charge in [0.15, 0.2) is 10.3 Å². The van der Waals surface area contributed by atoms with Gasteiger partial charge in [-0.1, -0.05) is 23.2 Å². The van der Waals surface area contributed by atoms with Crippen LogP contribution in [0.4, 0.5) is 5.69 Å². The molecule has 0 spiro atoms. The van der Waals surface area contributed by atoms with Crippen LogP contribution < -0.4 is 5.32 Å². The number of aromatic nitrogens is 2. The zero-order valence-electron chi connectivity index (χ0n) is 9.37. The predicted octanol–water partition coefficient (Wildman–Crippen LogP) is 2.75. The average Bonchev–Trinajstić information content (AvgIpc) is 2.32. The van der Waals surface area contributed by atoms with Gasteiger partial charge < -0.3 is 10.4 Å². The summed E-state index contributed by atoms with van der Waals surface area (Å²) in [6, 6.07) is 1.68. The fraction of sp³-hybridized carbons (Fsp3) is 0.636. The minimum Gasteiger partial charge on any atom is -0.393 e. The van der Waals surface area contributed by atoms with Gasteiger partial charge in [0.1, 0.15) is 0 Å². The highest BCUT2D eigenvalue weighted by Crippen LogP contribution is 2.26. The predicted molar refractivity (Wildman–Crippen MR) is 68.5 cm³/mol. The van der Waals surface area contributed by atoms with E-state index in [1.165, 1.54) is 0 Å². The summed E-state index contributed by atoms with van der Waals surface area (Å²) >= 11 is 11.7. The molecule has 1 fully saturated rings. The van der Waals surface area contributed by atoms with Crippen LogP contribution in [0.15, 0.2) is 6.07 Å². The van der Waals surface area contributed by atoms with E-state index in [1.807, 2.05) is 0 Å². The first-order valence-corrected chi connectivity index (χ1v) is 6.51. The molecule has 1 saturated carbocycles. The number of rotatable bonds is 3. The molecular formula is C11H15Cl2N3O. The quantitative estimate of drug-likeness (QED) is 0.891. The Labute approximate surface area is 110 Å². The van der Waals surface area contributed by atoms with Gasteiger partial charge in [0.2, 0.25) is 0 Å². The zero-order valence-corrected chi connectivity index (χ0v) is 10.9. The van der Waals surface area contributed by atoms with Gasteiger partial charge in [-0.05, 0) is 31.6 Å². The molecule has 0 aliphatic heterocycles. The largest absolute Gasteiger partial charge is 0.393 e. The normalized spacial score (nSPS) is 24.6. The summed E-state index contributed by atoms with van der Waals surface area (Å²) in [5.41, 5.74) is 0.720. The fourth-order valence-electron chi connectivity index (χ4n) is 2.08.